The molecule has 1 atom stereocenters. The fourth-order valence-corrected chi connectivity index (χ4v) is 3.50. The Bertz CT molecular complexity index is 664. The summed E-state index contributed by atoms with van der Waals surface area (Å²) in [6, 6.07) is 12.2. The molecule has 21 heavy (non-hydrogen) atoms. The minimum Gasteiger partial charge on any atom is -0.273 e. The zero-order chi connectivity index (χ0) is 14.8. The van der Waals surface area contributed by atoms with Crippen LogP contribution in [0.2, 0.25) is 0 Å². The molecule has 0 saturated heterocycles. The SMILES string of the molecule is CCC(=O)N1N=C(c2ccc(Br)cc2)CC1c1cccs1. The molecule has 0 N–H and O–H groups in total. The first-order valence-corrected chi connectivity index (χ1v) is 8.55. The number of amides is 1. The molecule has 0 bridgehead atoms. The van der Waals surface area contributed by atoms with Crippen LogP contribution >= 0.6 is 27.3 Å². The molecule has 0 radical (unpaired) electrons. The van der Waals surface area contributed by atoms with Gasteiger partial charge in [0.1, 0.15) is 0 Å². The van der Waals surface area contributed by atoms with Gasteiger partial charge < -0.3 is 0 Å². The molecule has 0 spiro atoms. The normalized spacial score (nSPS) is 17.9. The van der Waals surface area contributed by atoms with Crippen LogP contribution in [0.25, 0.3) is 0 Å². The minimum atomic E-state index is 0.0381. The number of carbonyl (C=O) groups excluding carboxylic acids is 1. The number of halogens is 1. The van der Waals surface area contributed by atoms with Crippen molar-refractivity contribution in [2.75, 3.05) is 0 Å². The molecule has 1 aliphatic heterocycles. The van der Waals surface area contributed by atoms with E-state index in [-0.39, 0.29) is 11.9 Å². The van der Waals surface area contributed by atoms with Crippen molar-refractivity contribution >= 4 is 38.9 Å². The maximum absolute atomic E-state index is 12.2. The topological polar surface area (TPSA) is 32.7 Å². The summed E-state index contributed by atoms with van der Waals surface area (Å²) in [7, 11) is 0. The van der Waals surface area contributed by atoms with E-state index >= 15 is 0 Å². The van der Waals surface area contributed by atoms with Gasteiger partial charge in [-0.15, -0.1) is 11.3 Å². The van der Waals surface area contributed by atoms with Crippen LogP contribution in [0.15, 0.2) is 51.4 Å². The van der Waals surface area contributed by atoms with E-state index in [4.69, 9.17) is 0 Å². The van der Waals surface area contributed by atoms with Crippen LogP contribution < -0.4 is 0 Å². The number of rotatable bonds is 3. The van der Waals surface area contributed by atoms with Crippen molar-refractivity contribution in [2.24, 2.45) is 5.10 Å². The van der Waals surface area contributed by atoms with E-state index in [0.717, 1.165) is 22.2 Å². The summed E-state index contributed by atoms with van der Waals surface area (Å²) < 4.78 is 1.04. The van der Waals surface area contributed by atoms with Gasteiger partial charge in [-0.1, -0.05) is 41.1 Å². The monoisotopic (exact) mass is 362 g/mol. The largest absolute Gasteiger partial charge is 0.273 e. The summed E-state index contributed by atoms with van der Waals surface area (Å²) in [4.78, 5) is 13.4. The molecule has 0 saturated carbocycles. The highest BCUT2D eigenvalue weighted by molar-refractivity contribution is 9.10. The molecule has 2 heterocycles. The standard InChI is InChI=1S/C16H15BrN2OS/c1-2-16(20)19-14(15-4-3-9-21-15)10-13(18-19)11-5-7-12(17)8-6-11/h3-9,14H,2,10H2,1H3. The van der Waals surface area contributed by atoms with Crippen LogP contribution in [-0.4, -0.2) is 16.6 Å². The van der Waals surface area contributed by atoms with Crippen molar-refractivity contribution in [3.8, 4) is 0 Å². The Labute approximate surface area is 136 Å². The molecule has 0 aliphatic carbocycles. The molecule has 3 rings (SSSR count). The Balaban J connectivity index is 1.93. The highest BCUT2D eigenvalue weighted by Crippen LogP contribution is 2.35. The third-order valence-corrected chi connectivity index (χ3v) is 5.02. The Morgan fingerprint density at radius 1 is 1.38 bits per heavy atom. The fourth-order valence-electron chi connectivity index (χ4n) is 2.42. The maximum atomic E-state index is 12.2. The molecule has 1 unspecified atom stereocenters. The molecule has 1 amide bonds. The van der Waals surface area contributed by atoms with Crippen LogP contribution in [0.1, 0.15) is 36.2 Å². The second-order valence-electron chi connectivity index (χ2n) is 4.88. The van der Waals surface area contributed by atoms with Crippen molar-refractivity contribution in [3.63, 3.8) is 0 Å². The Hall–Kier alpha value is -1.46. The van der Waals surface area contributed by atoms with Crippen LogP contribution in [0, 0.1) is 0 Å². The van der Waals surface area contributed by atoms with Gasteiger partial charge in [0, 0.05) is 22.2 Å². The molecule has 108 valence electrons. The Kier molecular flexibility index (Phi) is 4.22. The molecular weight excluding hydrogens is 348 g/mol. The quantitative estimate of drug-likeness (QED) is 0.785. The van der Waals surface area contributed by atoms with Crippen molar-refractivity contribution < 1.29 is 4.79 Å². The van der Waals surface area contributed by atoms with Gasteiger partial charge in [0.25, 0.3) is 0 Å². The first kappa shape index (κ1) is 14.5. The lowest BCUT2D eigenvalue weighted by atomic mass is 10.0. The smallest absolute Gasteiger partial charge is 0.243 e. The zero-order valence-electron chi connectivity index (χ0n) is 11.6. The third kappa shape index (κ3) is 2.94. The van der Waals surface area contributed by atoms with Gasteiger partial charge in [-0.25, -0.2) is 5.01 Å². The van der Waals surface area contributed by atoms with Crippen molar-refractivity contribution in [2.45, 2.75) is 25.8 Å². The van der Waals surface area contributed by atoms with Gasteiger partial charge in [0.15, 0.2) is 0 Å². The van der Waals surface area contributed by atoms with E-state index in [1.807, 2.05) is 42.6 Å². The van der Waals surface area contributed by atoms with Gasteiger partial charge in [-0.3, -0.25) is 4.79 Å². The average molecular weight is 363 g/mol. The molecule has 1 aromatic carbocycles. The average Bonchev–Trinajstić information content (AvgIpc) is 3.16. The van der Waals surface area contributed by atoms with Crippen molar-refractivity contribution in [3.05, 3.63) is 56.7 Å². The van der Waals surface area contributed by atoms with E-state index < -0.39 is 0 Å². The van der Waals surface area contributed by atoms with Gasteiger partial charge >= 0.3 is 0 Å². The highest BCUT2D eigenvalue weighted by atomic mass is 79.9. The summed E-state index contributed by atoms with van der Waals surface area (Å²) in [6.45, 7) is 1.88. The number of nitrogens with zero attached hydrogens (tertiary/aromatic N) is 2. The van der Waals surface area contributed by atoms with E-state index in [0.29, 0.717) is 6.42 Å². The van der Waals surface area contributed by atoms with Gasteiger partial charge in [0.05, 0.1) is 11.8 Å². The highest BCUT2D eigenvalue weighted by Gasteiger charge is 2.32. The minimum absolute atomic E-state index is 0.0381. The lowest BCUT2D eigenvalue weighted by Crippen LogP contribution is -2.25. The van der Waals surface area contributed by atoms with E-state index in [1.165, 1.54) is 4.88 Å². The first-order chi connectivity index (χ1) is 10.2. The summed E-state index contributed by atoms with van der Waals surface area (Å²) in [5.41, 5.74) is 2.05. The fraction of sp³-hybridized carbons (Fsp3) is 0.250. The van der Waals surface area contributed by atoms with Crippen LogP contribution in [-0.2, 0) is 4.79 Å². The lowest BCUT2D eigenvalue weighted by Gasteiger charge is -2.19. The summed E-state index contributed by atoms with van der Waals surface area (Å²) in [5.74, 6) is 0.0699. The molecule has 1 aromatic heterocycles. The van der Waals surface area contributed by atoms with E-state index in [1.54, 1.807) is 16.3 Å². The number of hydrazone groups is 1. The second-order valence-corrected chi connectivity index (χ2v) is 6.78. The first-order valence-electron chi connectivity index (χ1n) is 6.88. The van der Waals surface area contributed by atoms with Gasteiger partial charge in [-0.05, 0) is 29.1 Å². The number of benzene rings is 1. The maximum Gasteiger partial charge on any atom is 0.243 e. The predicted octanol–water partition coefficient (Wildman–Crippen LogP) is 4.60. The number of thiophene rings is 1. The summed E-state index contributed by atoms with van der Waals surface area (Å²) in [6.07, 6.45) is 1.24. The Morgan fingerprint density at radius 3 is 2.76 bits per heavy atom. The van der Waals surface area contributed by atoms with Crippen molar-refractivity contribution in [1.29, 1.82) is 0 Å². The molecule has 5 heteroatoms. The summed E-state index contributed by atoms with van der Waals surface area (Å²) >= 11 is 5.12. The molecule has 0 fully saturated rings. The second kappa shape index (κ2) is 6.12. The number of hydrogen-bond acceptors (Lipinski definition) is 3. The van der Waals surface area contributed by atoms with E-state index in [9.17, 15) is 4.79 Å². The lowest BCUT2D eigenvalue weighted by molar-refractivity contribution is -0.132. The molecule has 1 aliphatic rings. The summed E-state index contributed by atoms with van der Waals surface area (Å²) in [5, 5.41) is 8.29. The molecule has 2 aromatic rings. The van der Waals surface area contributed by atoms with Crippen LogP contribution in [0.5, 0.6) is 0 Å². The predicted molar refractivity (Wildman–Crippen MR) is 89.5 cm³/mol. The molecular formula is C16H15BrN2OS. The molecule has 3 nitrogen and oxygen atoms in total. The number of carbonyl (C=O) groups is 1. The van der Waals surface area contributed by atoms with E-state index in [2.05, 4.69) is 27.1 Å². The van der Waals surface area contributed by atoms with Gasteiger partial charge in [-0.2, -0.15) is 5.10 Å². The van der Waals surface area contributed by atoms with Gasteiger partial charge in [0.2, 0.25) is 5.91 Å². The third-order valence-electron chi connectivity index (χ3n) is 3.52. The number of hydrogen-bond donors (Lipinski definition) is 0. The van der Waals surface area contributed by atoms with Crippen molar-refractivity contribution in [1.82, 2.24) is 5.01 Å². The Morgan fingerprint density at radius 2 is 2.14 bits per heavy atom. The van der Waals surface area contributed by atoms with Crippen LogP contribution in [0.3, 0.4) is 0 Å². The van der Waals surface area contributed by atoms with Crippen LogP contribution in [0.4, 0.5) is 0 Å². The zero-order valence-corrected chi connectivity index (χ0v) is 14.0.